The molecule has 0 amide bonds. The van der Waals surface area contributed by atoms with E-state index in [0.717, 1.165) is 32.4 Å². The second kappa shape index (κ2) is 10.8. The van der Waals surface area contributed by atoms with Gasteiger partial charge in [0.15, 0.2) is 5.96 Å². The maximum absolute atomic E-state index is 12.0. The molecular weight excluding hydrogens is 316 g/mol. The predicted octanol–water partition coefficient (Wildman–Crippen LogP) is 0.686. The Morgan fingerprint density at radius 1 is 1.30 bits per heavy atom. The highest BCUT2D eigenvalue weighted by Crippen LogP contribution is 2.11. The van der Waals surface area contributed by atoms with Crippen LogP contribution >= 0.6 is 0 Å². The Morgan fingerprint density at radius 3 is 2.70 bits per heavy atom. The van der Waals surface area contributed by atoms with E-state index in [1.54, 1.807) is 0 Å². The van der Waals surface area contributed by atoms with E-state index in [4.69, 9.17) is 4.74 Å². The van der Waals surface area contributed by atoms with E-state index in [1.165, 1.54) is 0 Å². The molecule has 1 rings (SSSR count). The number of rotatable bonds is 9. The van der Waals surface area contributed by atoms with Crippen LogP contribution in [0.3, 0.4) is 0 Å². The molecule has 1 atom stereocenters. The van der Waals surface area contributed by atoms with Gasteiger partial charge in [0.2, 0.25) is 10.0 Å². The van der Waals surface area contributed by atoms with Crippen molar-refractivity contribution < 1.29 is 13.2 Å². The highest BCUT2D eigenvalue weighted by atomic mass is 32.2. The van der Waals surface area contributed by atoms with Crippen LogP contribution in [0.5, 0.6) is 0 Å². The van der Waals surface area contributed by atoms with Crippen LogP contribution in [0.25, 0.3) is 0 Å². The molecule has 3 N–H and O–H groups in total. The van der Waals surface area contributed by atoms with E-state index < -0.39 is 10.0 Å². The van der Waals surface area contributed by atoms with Crippen molar-refractivity contribution >= 4 is 16.0 Å². The van der Waals surface area contributed by atoms with Crippen LogP contribution in [0.4, 0.5) is 0 Å². The minimum absolute atomic E-state index is 0.0106. The maximum atomic E-state index is 12.0. The fourth-order valence-corrected chi connectivity index (χ4v) is 3.13. The van der Waals surface area contributed by atoms with Crippen molar-refractivity contribution in [3.63, 3.8) is 0 Å². The third kappa shape index (κ3) is 9.78. The number of nitrogens with one attached hydrogen (secondary N) is 3. The number of sulfonamides is 1. The lowest BCUT2D eigenvalue weighted by molar-refractivity contribution is 0.0200. The third-order valence-electron chi connectivity index (χ3n) is 3.43. The first-order chi connectivity index (χ1) is 10.9. The molecule has 0 spiro atoms. The third-order valence-corrected chi connectivity index (χ3v) is 4.77. The first-order valence-corrected chi connectivity index (χ1v) is 10.2. The molecule has 1 aliphatic heterocycles. The zero-order chi connectivity index (χ0) is 17.1. The van der Waals surface area contributed by atoms with Gasteiger partial charge in [0, 0.05) is 32.8 Å². The zero-order valence-electron chi connectivity index (χ0n) is 14.6. The Balaban J connectivity index is 2.31. The van der Waals surface area contributed by atoms with E-state index in [9.17, 15) is 8.42 Å². The summed E-state index contributed by atoms with van der Waals surface area (Å²) in [5.41, 5.74) is 0. The average Bonchev–Trinajstić information content (AvgIpc) is 2.51. The summed E-state index contributed by atoms with van der Waals surface area (Å²) < 4.78 is 32.2. The van der Waals surface area contributed by atoms with Crippen molar-refractivity contribution in [1.29, 1.82) is 0 Å². The molecule has 0 aromatic carbocycles. The van der Waals surface area contributed by atoms with E-state index in [0.29, 0.717) is 31.5 Å². The summed E-state index contributed by atoms with van der Waals surface area (Å²) in [6.45, 7) is 9.03. The summed E-state index contributed by atoms with van der Waals surface area (Å²) in [5.74, 6) is 1.14. The highest BCUT2D eigenvalue weighted by molar-refractivity contribution is 7.89. The van der Waals surface area contributed by atoms with Crippen LogP contribution in [0.15, 0.2) is 4.99 Å². The van der Waals surface area contributed by atoms with Crippen LogP contribution in [-0.4, -0.2) is 59.0 Å². The van der Waals surface area contributed by atoms with Gasteiger partial charge in [-0.05, 0) is 32.1 Å². The molecule has 23 heavy (non-hydrogen) atoms. The van der Waals surface area contributed by atoms with Gasteiger partial charge in [-0.25, -0.2) is 13.1 Å². The van der Waals surface area contributed by atoms with Crippen LogP contribution in [0, 0.1) is 5.92 Å². The van der Waals surface area contributed by atoms with Crippen molar-refractivity contribution in [2.75, 3.05) is 38.5 Å². The summed E-state index contributed by atoms with van der Waals surface area (Å²) in [5, 5.41) is 6.17. The van der Waals surface area contributed by atoms with E-state index >= 15 is 0 Å². The van der Waals surface area contributed by atoms with Gasteiger partial charge in [-0.2, -0.15) is 0 Å². The predicted molar refractivity (Wildman–Crippen MR) is 94.2 cm³/mol. The smallest absolute Gasteiger partial charge is 0.213 e. The zero-order valence-corrected chi connectivity index (χ0v) is 15.4. The first-order valence-electron chi connectivity index (χ1n) is 8.54. The highest BCUT2D eigenvalue weighted by Gasteiger charge is 2.17. The first kappa shape index (κ1) is 20.2. The van der Waals surface area contributed by atoms with Crippen LogP contribution in [0.1, 0.15) is 40.0 Å². The molecular formula is C15H32N4O3S. The van der Waals surface area contributed by atoms with Gasteiger partial charge in [0.25, 0.3) is 0 Å². The molecule has 136 valence electrons. The van der Waals surface area contributed by atoms with Crippen LogP contribution < -0.4 is 15.4 Å². The largest absolute Gasteiger partial charge is 0.377 e. The molecule has 1 unspecified atom stereocenters. The second-order valence-electron chi connectivity index (χ2n) is 6.20. The van der Waals surface area contributed by atoms with Crippen molar-refractivity contribution in [3.05, 3.63) is 0 Å². The topological polar surface area (TPSA) is 91.8 Å². The molecule has 1 aliphatic rings. The van der Waals surface area contributed by atoms with Gasteiger partial charge in [-0.1, -0.05) is 13.8 Å². The normalized spacial score (nSPS) is 19.8. The number of nitrogens with zero attached hydrogens (tertiary/aromatic N) is 1. The molecule has 1 saturated heterocycles. The molecule has 0 aromatic heterocycles. The van der Waals surface area contributed by atoms with E-state index in [2.05, 4.69) is 34.2 Å². The quantitative estimate of drug-likeness (QED) is 0.421. The lowest BCUT2D eigenvalue weighted by atomic mass is 10.1. The fourth-order valence-electron chi connectivity index (χ4n) is 2.18. The Morgan fingerprint density at radius 2 is 2.09 bits per heavy atom. The van der Waals surface area contributed by atoms with Crippen LogP contribution in [0.2, 0.25) is 0 Å². The molecule has 0 aliphatic carbocycles. The number of ether oxygens (including phenoxy) is 1. The van der Waals surface area contributed by atoms with E-state index in [1.807, 2.05) is 6.92 Å². The summed E-state index contributed by atoms with van der Waals surface area (Å²) in [7, 11) is -3.30. The molecule has 0 radical (unpaired) electrons. The summed E-state index contributed by atoms with van der Waals surface area (Å²) in [6, 6.07) is 0. The Hall–Kier alpha value is -0.860. The summed E-state index contributed by atoms with van der Waals surface area (Å²) in [6.07, 6.45) is 3.10. The SMILES string of the molecule is CCNC(=NCC(C)C)NCCS(=O)(=O)NCC1CCCCO1. The summed E-state index contributed by atoms with van der Waals surface area (Å²) in [4.78, 5) is 4.41. The molecule has 1 fully saturated rings. The molecule has 8 heteroatoms. The monoisotopic (exact) mass is 348 g/mol. The average molecular weight is 349 g/mol. The van der Waals surface area contributed by atoms with Gasteiger partial charge < -0.3 is 15.4 Å². The van der Waals surface area contributed by atoms with Crippen molar-refractivity contribution in [3.8, 4) is 0 Å². The lowest BCUT2D eigenvalue weighted by Gasteiger charge is -2.22. The van der Waals surface area contributed by atoms with Gasteiger partial charge in [-0.3, -0.25) is 4.99 Å². The van der Waals surface area contributed by atoms with Crippen molar-refractivity contribution in [2.24, 2.45) is 10.9 Å². The number of guanidine groups is 1. The number of aliphatic imine (C=N–C) groups is 1. The van der Waals surface area contributed by atoms with Crippen molar-refractivity contribution in [2.45, 2.75) is 46.1 Å². The maximum Gasteiger partial charge on any atom is 0.213 e. The second-order valence-corrected chi connectivity index (χ2v) is 8.12. The molecule has 7 nitrogen and oxygen atoms in total. The lowest BCUT2D eigenvalue weighted by Crippen LogP contribution is -2.42. The van der Waals surface area contributed by atoms with E-state index in [-0.39, 0.29) is 11.9 Å². The van der Waals surface area contributed by atoms with Gasteiger partial charge >= 0.3 is 0 Å². The number of hydrogen-bond acceptors (Lipinski definition) is 4. The molecule has 1 heterocycles. The van der Waals surface area contributed by atoms with Gasteiger partial charge in [0.05, 0.1) is 11.9 Å². The number of hydrogen-bond donors (Lipinski definition) is 3. The summed E-state index contributed by atoms with van der Waals surface area (Å²) >= 11 is 0. The van der Waals surface area contributed by atoms with Crippen LogP contribution in [-0.2, 0) is 14.8 Å². The minimum atomic E-state index is -3.30. The molecule has 0 aromatic rings. The fraction of sp³-hybridized carbons (Fsp3) is 0.933. The molecule has 0 bridgehead atoms. The Kier molecular flexibility index (Phi) is 9.50. The minimum Gasteiger partial charge on any atom is -0.377 e. The Bertz CT molecular complexity index is 446. The molecule has 0 saturated carbocycles. The van der Waals surface area contributed by atoms with Gasteiger partial charge in [0.1, 0.15) is 0 Å². The van der Waals surface area contributed by atoms with Crippen molar-refractivity contribution in [1.82, 2.24) is 15.4 Å². The Labute approximate surface area is 140 Å². The standard InChI is InChI=1S/C15H32N4O3S/c1-4-16-15(18-11-13(2)3)17-8-10-23(20,21)19-12-14-7-5-6-9-22-14/h13-14,19H,4-12H2,1-3H3,(H2,16,17,18). The van der Waals surface area contributed by atoms with Gasteiger partial charge in [-0.15, -0.1) is 0 Å².